The second kappa shape index (κ2) is 9.21. The van der Waals surface area contributed by atoms with Crippen LogP contribution < -0.4 is 21.3 Å². The van der Waals surface area contributed by atoms with E-state index in [4.69, 9.17) is 22.1 Å². The lowest BCUT2D eigenvalue weighted by atomic mass is 10.1. The molecule has 0 atom stereocenters. The fraction of sp³-hybridized carbons (Fsp3) is 0.200. The van der Waals surface area contributed by atoms with Crippen molar-refractivity contribution in [2.24, 2.45) is 10.7 Å². The number of hydrogen-bond donors (Lipinski definition) is 3. The Hall–Kier alpha value is -3.05. The number of nitrogens with one attached hydrogen (secondary N) is 2. The lowest BCUT2D eigenvalue weighted by molar-refractivity contribution is -0.137. The van der Waals surface area contributed by atoms with Crippen molar-refractivity contribution in [3.05, 3.63) is 68.7 Å². The van der Waals surface area contributed by atoms with Crippen molar-refractivity contribution in [3.63, 3.8) is 0 Å². The van der Waals surface area contributed by atoms with Crippen molar-refractivity contribution in [1.29, 1.82) is 0 Å². The van der Waals surface area contributed by atoms with E-state index in [2.05, 4.69) is 14.7 Å². The van der Waals surface area contributed by atoms with Gasteiger partial charge in [-0.1, -0.05) is 11.6 Å². The molecule has 0 saturated heterocycles. The second-order valence-corrected chi connectivity index (χ2v) is 8.08. The molecule has 0 radical (unpaired) electrons. The molecule has 3 rings (SSSR count). The van der Waals surface area contributed by atoms with Gasteiger partial charge < -0.3 is 15.8 Å². The van der Waals surface area contributed by atoms with Gasteiger partial charge in [-0.3, -0.25) is 14.2 Å². The number of anilines is 2. The number of nitrogens with zero attached hydrogens (tertiary/aromatic N) is 1. The zero-order valence-electron chi connectivity index (χ0n) is 16.7. The first-order valence-corrected chi connectivity index (χ1v) is 10.3. The van der Waals surface area contributed by atoms with Crippen molar-refractivity contribution in [2.75, 3.05) is 5.32 Å². The number of halogens is 5. The van der Waals surface area contributed by atoms with Crippen LogP contribution in [0.15, 0.2) is 46.2 Å². The van der Waals surface area contributed by atoms with Crippen LogP contribution in [0.4, 0.5) is 28.3 Å². The predicted molar refractivity (Wildman–Crippen MR) is 117 cm³/mol. The van der Waals surface area contributed by atoms with Crippen molar-refractivity contribution in [3.8, 4) is 11.5 Å². The van der Waals surface area contributed by atoms with Crippen LogP contribution in [0.1, 0.15) is 25.0 Å². The number of hydrogen-bond acceptors (Lipinski definition) is 5. The number of amidine groups is 1. The van der Waals surface area contributed by atoms with Crippen LogP contribution in [0.3, 0.4) is 0 Å². The minimum absolute atomic E-state index is 0.00860. The van der Waals surface area contributed by atoms with Crippen LogP contribution in [-0.2, 0) is 6.18 Å². The van der Waals surface area contributed by atoms with Crippen LogP contribution in [-0.4, -0.2) is 16.3 Å². The van der Waals surface area contributed by atoms with E-state index in [1.807, 2.05) is 0 Å². The number of ether oxygens (including phenoxy) is 1. The first kappa shape index (κ1) is 23.6. The molecule has 4 N–H and O–H groups in total. The molecule has 3 aromatic rings. The van der Waals surface area contributed by atoms with E-state index < -0.39 is 23.1 Å². The maximum absolute atomic E-state index is 13.8. The lowest BCUT2D eigenvalue weighted by Crippen LogP contribution is -2.23. The molecule has 0 bridgehead atoms. The maximum Gasteiger partial charge on any atom is 0.418 e. The fourth-order valence-electron chi connectivity index (χ4n) is 2.70. The summed E-state index contributed by atoms with van der Waals surface area (Å²) in [5.74, 6) is -0.880. The van der Waals surface area contributed by atoms with E-state index in [-0.39, 0.29) is 44.7 Å². The van der Waals surface area contributed by atoms with E-state index in [9.17, 15) is 22.4 Å². The van der Waals surface area contributed by atoms with E-state index in [0.717, 1.165) is 35.8 Å². The number of aromatic amines is 1. The van der Waals surface area contributed by atoms with Gasteiger partial charge in [0.2, 0.25) is 0 Å². The summed E-state index contributed by atoms with van der Waals surface area (Å²) in [5, 5.41) is 2.59. The first-order valence-electron chi connectivity index (χ1n) is 9.12. The molecule has 0 fully saturated rings. The molecular formula is C20H17ClF4N4O2S. The third-order valence-corrected chi connectivity index (χ3v) is 5.11. The van der Waals surface area contributed by atoms with Crippen molar-refractivity contribution in [1.82, 2.24) is 4.37 Å². The van der Waals surface area contributed by atoms with E-state index in [0.29, 0.717) is 0 Å². The van der Waals surface area contributed by atoms with Gasteiger partial charge in [0.05, 0.1) is 16.3 Å². The summed E-state index contributed by atoms with van der Waals surface area (Å²) >= 11 is 6.67. The third-order valence-electron chi connectivity index (χ3n) is 4.02. The number of benzene rings is 2. The summed E-state index contributed by atoms with van der Waals surface area (Å²) in [6.07, 6.45) is -4.76. The summed E-state index contributed by atoms with van der Waals surface area (Å²) in [5.41, 5.74) is 3.87. The number of alkyl halides is 3. The zero-order valence-corrected chi connectivity index (χ0v) is 18.3. The zero-order chi connectivity index (χ0) is 23.6. The molecule has 12 heteroatoms. The highest BCUT2D eigenvalue weighted by Crippen LogP contribution is 2.40. The highest BCUT2D eigenvalue weighted by molar-refractivity contribution is 7.10. The highest BCUT2D eigenvalue weighted by atomic mass is 35.5. The largest absolute Gasteiger partial charge is 0.456 e. The lowest BCUT2D eigenvalue weighted by Gasteiger charge is -2.16. The van der Waals surface area contributed by atoms with Crippen LogP contribution >= 0.6 is 23.1 Å². The SMILES string of the molecule is CC(C)N=C(N)c1c(Nc2ccc(Oc3ccc(F)cc3Cl)cc2C(F)(F)F)s[nH]c1=O. The Labute approximate surface area is 188 Å². The second-order valence-electron chi connectivity index (χ2n) is 6.85. The fourth-order valence-corrected chi connectivity index (χ4v) is 3.67. The number of nitrogens with two attached hydrogens (primary N) is 1. The Morgan fingerprint density at radius 3 is 2.59 bits per heavy atom. The molecule has 0 aliphatic carbocycles. The summed E-state index contributed by atoms with van der Waals surface area (Å²) < 4.78 is 62.3. The van der Waals surface area contributed by atoms with E-state index >= 15 is 0 Å². The Balaban J connectivity index is 1.99. The van der Waals surface area contributed by atoms with Gasteiger partial charge in [-0.05, 0) is 61.8 Å². The Morgan fingerprint density at radius 2 is 1.97 bits per heavy atom. The number of rotatable bonds is 6. The summed E-state index contributed by atoms with van der Waals surface area (Å²) in [4.78, 5) is 16.2. The van der Waals surface area contributed by atoms with Gasteiger partial charge in [0.15, 0.2) is 0 Å². The maximum atomic E-state index is 13.8. The van der Waals surface area contributed by atoms with E-state index in [1.165, 1.54) is 12.1 Å². The number of aromatic nitrogens is 1. The van der Waals surface area contributed by atoms with Gasteiger partial charge in [0.1, 0.15) is 33.7 Å². The molecule has 0 unspecified atom stereocenters. The molecule has 6 nitrogen and oxygen atoms in total. The summed E-state index contributed by atoms with van der Waals surface area (Å²) in [6.45, 7) is 3.49. The van der Waals surface area contributed by atoms with Gasteiger partial charge in [-0.2, -0.15) is 13.2 Å². The molecule has 0 amide bonds. The minimum atomic E-state index is -4.76. The quantitative estimate of drug-likeness (QED) is 0.229. The van der Waals surface area contributed by atoms with Gasteiger partial charge >= 0.3 is 6.18 Å². The van der Waals surface area contributed by atoms with Gasteiger partial charge in [0, 0.05) is 6.04 Å². The van der Waals surface area contributed by atoms with Gasteiger partial charge in [-0.25, -0.2) is 4.39 Å². The molecule has 2 aromatic carbocycles. The summed E-state index contributed by atoms with van der Waals surface area (Å²) in [6, 6.07) is 6.22. The molecule has 1 heterocycles. The normalized spacial score (nSPS) is 12.3. The van der Waals surface area contributed by atoms with Crippen LogP contribution in [0.5, 0.6) is 11.5 Å². The van der Waals surface area contributed by atoms with Crippen LogP contribution in [0.25, 0.3) is 0 Å². The Bertz CT molecular complexity index is 1220. The molecule has 0 saturated carbocycles. The smallest absolute Gasteiger partial charge is 0.418 e. The summed E-state index contributed by atoms with van der Waals surface area (Å²) in [7, 11) is 0. The molecule has 32 heavy (non-hydrogen) atoms. The first-order chi connectivity index (χ1) is 15.0. The number of aliphatic imine (C=N–C) groups is 1. The van der Waals surface area contributed by atoms with E-state index in [1.54, 1.807) is 13.8 Å². The number of H-pyrrole nitrogens is 1. The highest BCUT2D eigenvalue weighted by Gasteiger charge is 2.34. The Kier molecular flexibility index (Phi) is 6.79. The molecule has 0 spiro atoms. The Morgan fingerprint density at radius 1 is 1.25 bits per heavy atom. The van der Waals surface area contributed by atoms with Crippen LogP contribution in [0.2, 0.25) is 5.02 Å². The standard InChI is InChI=1S/C20H17ClF4N4O2S/c1-9(2)27-17(26)16-18(30)29-32-19(16)28-14-5-4-11(8-12(14)20(23,24)25)31-15-6-3-10(22)7-13(15)21/h3-9,28H,1-2H3,(H2,26,27)(H,29,30). The topological polar surface area (TPSA) is 92.5 Å². The molecule has 170 valence electrons. The average molecular weight is 489 g/mol. The average Bonchev–Trinajstić information content (AvgIpc) is 3.04. The van der Waals surface area contributed by atoms with Crippen LogP contribution in [0, 0.1) is 5.82 Å². The molecular weight excluding hydrogens is 472 g/mol. The minimum Gasteiger partial charge on any atom is -0.456 e. The van der Waals surface area contributed by atoms with Crippen molar-refractivity contribution in [2.45, 2.75) is 26.1 Å². The third kappa shape index (κ3) is 5.40. The van der Waals surface area contributed by atoms with Crippen molar-refractivity contribution >= 4 is 39.7 Å². The molecule has 1 aromatic heterocycles. The van der Waals surface area contributed by atoms with Crippen molar-refractivity contribution < 1.29 is 22.3 Å². The molecule has 0 aliphatic heterocycles. The van der Waals surface area contributed by atoms with Gasteiger partial charge in [-0.15, -0.1) is 0 Å². The monoisotopic (exact) mass is 488 g/mol. The van der Waals surface area contributed by atoms with Gasteiger partial charge in [0.25, 0.3) is 5.56 Å². The predicted octanol–water partition coefficient (Wildman–Crippen LogP) is 5.90. The molecule has 0 aliphatic rings.